The highest BCUT2D eigenvalue weighted by Gasteiger charge is 2.47. The van der Waals surface area contributed by atoms with Crippen molar-refractivity contribution in [3.8, 4) is 28.3 Å². The zero-order valence-corrected chi connectivity index (χ0v) is 22.4. The molecule has 0 unspecified atom stereocenters. The van der Waals surface area contributed by atoms with E-state index >= 15 is 0 Å². The second kappa shape index (κ2) is 10.2. The molecule has 2 aliphatic carbocycles. The first-order valence-electron chi connectivity index (χ1n) is 13.0. The lowest BCUT2D eigenvalue weighted by atomic mass is 9.77. The van der Waals surface area contributed by atoms with Gasteiger partial charge in [0.05, 0.1) is 46.7 Å². The van der Waals surface area contributed by atoms with Crippen molar-refractivity contribution in [1.29, 1.82) is 0 Å². The normalized spacial score (nSPS) is 20.9. The van der Waals surface area contributed by atoms with Gasteiger partial charge in [0, 0.05) is 5.56 Å². The molecule has 210 valence electrons. The number of aliphatic hydroxyl groups is 1. The maximum atomic E-state index is 14.4. The average molecular weight is 574 g/mol. The van der Waals surface area contributed by atoms with E-state index in [1.54, 1.807) is 25.1 Å². The van der Waals surface area contributed by atoms with Crippen molar-refractivity contribution in [3.05, 3.63) is 76.6 Å². The molecule has 6 rings (SSSR count). The number of alkyl halides is 3. The summed E-state index contributed by atoms with van der Waals surface area (Å²) >= 11 is 6.75. The molecule has 2 fully saturated rings. The van der Waals surface area contributed by atoms with Crippen LogP contribution in [0.15, 0.2) is 59.3 Å². The Labute approximate surface area is 233 Å². The number of nitrogens with zero attached hydrogens (tertiary/aromatic N) is 3. The van der Waals surface area contributed by atoms with Crippen molar-refractivity contribution >= 4 is 11.6 Å². The number of aromatic nitrogens is 3. The smallest absolute Gasteiger partial charge is 0.433 e. The number of benzene rings is 2. The van der Waals surface area contributed by atoms with Gasteiger partial charge < -0.3 is 19.1 Å². The van der Waals surface area contributed by atoms with Gasteiger partial charge in [0.2, 0.25) is 0 Å². The second-order valence-corrected chi connectivity index (χ2v) is 11.0. The van der Waals surface area contributed by atoms with Crippen LogP contribution < -0.4 is 4.74 Å². The molecular formula is C29H27ClF3N3O4. The summed E-state index contributed by atoms with van der Waals surface area (Å²) in [6.07, 6.45) is -1.45. The summed E-state index contributed by atoms with van der Waals surface area (Å²) in [6.45, 7) is 1.87. The summed E-state index contributed by atoms with van der Waals surface area (Å²) < 4.78 is 61.7. The molecule has 2 heterocycles. The SMILES string of the molecule is CC1(O)CC(n2ncc(-c3onc(-c4cccc(OCc5ccccc5)c4Cl)c3COC3CC3)c2C(F)(F)F)C1. The Balaban J connectivity index is 1.39. The lowest BCUT2D eigenvalue weighted by molar-refractivity contribution is -0.148. The van der Waals surface area contributed by atoms with Gasteiger partial charge >= 0.3 is 6.18 Å². The van der Waals surface area contributed by atoms with Crippen molar-refractivity contribution in [2.24, 2.45) is 0 Å². The minimum atomic E-state index is -4.72. The van der Waals surface area contributed by atoms with Gasteiger partial charge in [0.1, 0.15) is 18.1 Å². The van der Waals surface area contributed by atoms with Gasteiger partial charge in [-0.1, -0.05) is 59.2 Å². The Morgan fingerprint density at radius 3 is 2.50 bits per heavy atom. The van der Waals surface area contributed by atoms with Gasteiger partial charge in [0.15, 0.2) is 11.5 Å². The van der Waals surface area contributed by atoms with Crippen molar-refractivity contribution in [1.82, 2.24) is 14.9 Å². The first-order chi connectivity index (χ1) is 19.1. The van der Waals surface area contributed by atoms with Crippen molar-refractivity contribution in [3.63, 3.8) is 0 Å². The molecule has 2 aromatic heterocycles. The summed E-state index contributed by atoms with van der Waals surface area (Å²) in [5.74, 6) is 0.328. The third-order valence-electron chi connectivity index (χ3n) is 7.24. The van der Waals surface area contributed by atoms with E-state index in [4.69, 9.17) is 25.6 Å². The molecule has 0 amide bonds. The Kier molecular flexibility index (Phi) is 6.88. The maximum absolute atomic E-state index is 14.4. The van der Waals surface area contributed by atoms with E-state index in [0.717, 1.165) is 29.3 Å². The fourth-order valence-electron chi connectivity index (χ4n) is 5.06. The summed E-state index contributed by atoms with van der Waals surface area (Å²) in [7, 11) is 0. The quantitative estimate of drug-likeness (QED) is 0.228. The molecule has 0 aliphatic heterocycles. The standard InChI is InChI=1S/C29H27ClF3N3O4/c1-28(37)12-18(13-28)36-27(29(31,32)33)21(14-34-36)26-22(16-38-19-10-11-19)25(35-40-26)20-8-5-9-23(24(20)30)39-15-17-6-3-2-4-7-17/h2-9,14,18-19,37H,10-13,15-16H2,1H3. The van der Waals surface area contributed by atoms with Crippen molar-refractivity contribution in [2.75, 3.05) is 0 Å². The Morgan fingerprint density at radius 2 is 1.82 bits per heavy atom. The van der Waals surface area contributed by atoms with E-state index in [9.17, 15) is 18.3 Å². The molecule has 11 heteroatoms. The molecule has 7 nitrogen and oxygen atoms in total. The van der Waals surface area contributed by atoms with Gasteiger partial charge in [-0.3, -0.25) is 4.68 Å². The molecule has 2 saturated carbocycles. The molecule has 40 heavy (non-hydrogen) atoms. The first kappa shape index (κ1) is 26.9. The molecule has 0 spiro atoms. The number of ether oxygens (including phenoxy) is 2. The monoisotopic (exact) mass is 573 g/mol. The Morgan fingerprint density at radius 1 is 1.07 bits per heavy atom. The summed E-state index contributed by atoms with van der Waals surface area (Å²) in [6, 6.07) is 14.2. The first-order valence-corrected chi connectivity index (χ1v) is 13.4. The van der Waals surface area contributed by atoms with E-state index in [2.05, 4.69) is 10.3 Å². The maximum Gasteiger partial charge on any atom is 0.433 e. The predicted octanol–water partition coefficient (Wildman–Crippen LogP) is 7.22. The molecule has 0 bridgehead atoms. The lowest BCUT2D eigenvalue weighted by Crippen LogP contribution is -2.43. The zero-order valence-electron chi connectivity index (χ0n) is 21.6. The van der Waals surface area contributed by atoms with Crippen LogP contribution in [0.2, 0.25) is 5.02 Å². The Bertz CT molecular complexity index is 1500. The summed E-state index contributed by atoms with van der Waals surface area (Å²) in [5.41, 5.74) is -0.178. The molecule has 0 saturated heterocycles. The van der Waals surface area contributed by atoms with Crippen LogP contribution in [0, 0.1) is 0 Å². The second-order valence-electron chi connectivity index (χ2n) is 10.6. The van der Waals surface area contributed by atoms with Crippen LogP contribution in [0.4, 0.5) is 13.2 Å². The summed E-state index contributed by atoms with van der Waals surface area (Å²) in [4.78, 5) is 0. The van der Waals surface area contributed by atoms with Crippen LogP contribution in [0.5, 0.6) is 5.75 Å². The van der Waals surface area contributed by atoms with Gasteiger partial charge in [-0.2, -0.15) is 18.3 Å². The van der Waals surface area contributed by atoms with Crippen molar-refractivity contribution < 1.29 is 32.3 Å². The number of hydrogen-bond acceptors (Lipinski definition) is 6. The van der Waals surface area contributed by atoms with Gasteiger partial charge in [0.25, 0.3) is 0 Å². The van der Waals surface area contributed by atoms with Crippen LogP contribution in [-0.2, 0) is 24.1 Å². The predicted molar refractivity (Wildman–Crippen MR) is 141 cm³/mol. The molecule has 0 radical (unpaired) electrons. The van der Waals surface area contributed by atoms with E-state index in [1.807, 2.05) is 30.3 Å². The van der Waals surface area contributed by atoms with E-state index in [0.29, 0.717) is 16.9 Å². The highest BCUT2D eigenvalue weighted by atomic mass is 35.5. The summed E-state index contributed by atoms with van der Waals surface area (Å²) in [5, 5.41) is 18.6. The highest BCUT2D eigenvalue weighted by molar-refractivity contribution is 6.34. The highest BCUT2D eigenvalue weighted by Crippen LogP contribution is 2.48. The number of hydrogen-bond donors (Lipinski definition) is 1. The van der Waals surface area contributed by atoms with E-state index in [-0.39, 0.29) is 54.2 Å². The van der Waals surface area contributed by atoms with Crippen LogP contribution in [0.1, 0.15) is 55.5 Å². The van der Waals surface area contributed by atoms with Crippen molar-refractivity contribution in [2.45, 2.75) is 69.7 Å². The third-order valence-corrected chi connectivity index (χ3v) is 7.63. The van der Waals surface area contributed by atoms with E-state index in [1.165, 1.54) is 0 Å². The third kappa shape index (κ3) is 5.35. The molecule has 0 atom stereocenters. The molecule has 2 aliphatic rings. The van der Waals surface area contributed by atoms with Gasteiger partial charge in [-0.25, -0.2) is 0 Å². The van der Waals surface area contributed by atoms with Crippen LogP contribution in [0.3, 0.4) is 0 Å². The minimum absolute atomic E-state index is 0.00905. The van der Waals surface area contributed by atoms with Crippen LogP contribution >= 0.6 is 11.6 Å². The van der Waals surface area contributed by atoms with Gasteiger partial charge in [-0.05, 0) is 44.2 Å². The van der Waals surface area contributed by atoms with Gasteiger partial charge in [-0.15, -0.1) is 0 Å². The molecular weight excluding hydrogens is 547 g/mol. The van der Waals surface area contributed by atoms with E-state index < -0.39 is 23.5 Å². The molecule has 2 aromatic carbocycles. The fraction of sp³-hybridized carbons (Fsp3) is 0.379. The zero-order chi connectivity index (χ0) is 28.1. The topological polar surface area (TPSA) is 82.5 Å². The molecule has 4 aromatic rings. The van der Waals surface area contributed by atoms with Crippen LogP contribution in [-0.4, -0.2) is 31.7 Å². The lowest BCUT2D eigenvalue weighted by Gasteiger charge is -2.41. The largest absolute Gasteiger partial charge is 0.487 e. The average Bonchev–Trinajstić information content (AvgIpc) is 3.46. The fourth-order valence-corrected chi connectivity index (χ4v) is 5.33. The number of rotatable bonds is 9. The molecule has 1 N–H and O–H groups in total. The minimum Gasteiger partial charge on any atom is -0.487 e. The van der Waals surface area contributed by atoms with Crippen LogP contribution in [0.25, 0.3) is 22.6 Å². The Hall–Kier alpha value is -3.34. The number of halogens is 4.